The number of aromatic nitrogens is 1. The van der Waals surface area contributed by atoms with Gasteiger partial charge in [-0.2, -0.15) is 0 Å². The van der Waals surface area contributed by atoms with Gasteiger partial charge >= 0.3 is 0 Å². The van der Waals surface area contributed by atoms with Crippen molar-refractivity contribution in [1.82, 2.24) is 9.88 Å². The minimum absolute atomic E-state index is 0.111. The van der Waals surface area contributed by atoms with E-state index in [0.29, 0.717) is 17.9 Å². The molecule has 0 unspecified atom stereocenters. The molecule has 1 heterocycles. The number of likely N-dealkylation sites (N-methyl/N-ethyl adjacent to an activating group) is 1. The van der Waals surface area contributed by atoms with Crippen molar-refractivity contribution in [3.8, 4) is 0 Å². The van der Waals surface area contributed by atoms with Crippen molar-refractivity contribution in [1.29, 1.82) is 0 Å². The summed E-state index contributed by atoms with van der Waals surface area (Å²) in [5.41, 5.74) is 1.97. The summed E-state index contributed by atoms with van der Waals surface area (Å²) in [4.78, 5) is 18.7. The second-order valence-electron chi connectivity index (χ2n) is 7.19. The van der Waals surface area contributed by atoms with Crippen LogP contribution < -0.4 is 9.62 Å². The number of hydrogen-bond donors (Lipinski definition) is 1. The van der Waals surface area contributed by atoms with Crippen molar-refractivity contribution >= 4 is 27.3 Å². The Balaban J connectivity index is 1.61. The Morgan fingerprint density at radius 3 is 2.42 bits per heavy atom. The second kappa shape index (κ2) is 10.2. The molecular weight excluding hydrogens is 412 g/mol. The zero-order valence-electron chi connectivity index (χ0n) is 17.6. The summed E-state index contributed by atoms with van der Waals surface area (Å²) < 4.78 is 27.2. The van der Waals surface area contributed by atoms with E-state index in [1.807, 2.05) is 36.2 Å². The number of amides is 1. The smallest absolute Gasteiger partial charge is 0.264 e. The molecule has 1 aromatic heterocycles. The summed E-state index contributed by atoms with van der Waals surface area (Å²) in [6, 6.07) is 20.9. The molecule has 0 fully saturated rings. The molecule has 3 rings (SSSR count). The number of carbonyl (C=O) groups is 1. The lowest BCUT2D eigenvalue weighted by molar-refractivity contribution is -0.117. The van der Waals surface area contributed by atoms with Gasteiger partial charge in [0.1, 0.15) is 0 Å². The summed E-state index contributed by atoms with van der Waals surface area (Å²) in [6.45, 7) is 0.869. The standard InChI is InChI=1S/C23H26N4O3S/c1-26(16-14-19-9-6-7-15-24-19)18-23(28)25-20-10-8-13-22(17-20)31(29,30)27(2)21-11-4-3-5-12-21/h3-13,15,17H,14,16,18H2,1-2H3,(H,25,28). The van der Waals surface area contributed by atoms with Crippen molar-refractivity contribution in [2.45, 2.75) is 11.3 Å². The minimum atomic E-state index is -3.75. The van der Waals surface area contributed by atoms with Crippen LogP contribution in [0.5, 0.6) is 0 Å². The molecule has 3 aromatic rings. The SMILES string of the molecule is CN(CCc1ccccn1)CC(=O)Nc1cccc(S(=O)(=O)N(C)c2ccccc2)c1. The largest absolute Gasteiger partial charge is 0.325 e. The Morgan fingerprint density at radius 2 is 1.71 bits per heavy atom. The summed E-state index contributed by atoms with van der Waals surface area (Å²) >= 11 is 0. The molecule has 1 N–H and O–H groups in total. The number of anilines is 2. The molecule has 0 aliphatic carbocycles. The average Bonchev–Trinajstić information content (AvgIpc) is 2.78. The predicted octanol–water partition coefficient (Wildman–Crippen LogP) is 3.02. The molecule has 1 amide bonds. The van der Waals surface area contributed by atoms with E-state index < -0.39 is 10.0 Å². The van der Waals surface area contributed by atoms with Crippen LogP contribution in [0.15, 0.2) is 83.9 Å². The number of para-hydroxylation sites is 1. The molecule has 0 spiro atoms. The van der Waals surface area contributed by atoms with Gasteiger partial charge in [-0.05, 0) is 49.5 Å². The molecular formula is C23H26N4O3S. The predicted molar refractivity (Wildman–Crippen MR) is 123 cm³/mol. The summed E-state index contributed by atoms with van der Waals surface area (Å²) in [5, 5.41) is 2.78. The minimum Gasteiger partial charge on any atom is -0.325 e. The second-order valence-corrected chi connectivity index (χ2v) is 9.16. The van der Waals surface area contributed by atoms with Crippen molar-refractivity contribution in [2.24, 2.45) is 0 Å². The number of pyridine rings is 1. The van der Waals surface area contributed by atoms with Gasteiger partial charge in [-0.3, -0.25) is 19.0 Å². The lowest BCUT2D eigenvalue weighted by Crippen LogP contribution is -2.32. The van der Waals surface area contributed by atoms with Crippen LogP contribution in [0.1, 0.15) is 5.69 Å². The van der Waals surface area contributed by atoms with Gasteiger partial charge in [0.15, 0.2) is 0 Å². The Labute approximate surface area is 183 Å². The molecule has 0 saturated heterocycles. The first-order chi connectivity index (χ1) is 14.9. The van der Waals surface area contributed by atoms with Crippen LogP contribution in [0.2, 0.25) is 0 Å². The zero-order chi connectivity index (χ0) is 22.3. The van der Waals surface area contributed by atoms with Crippen LogP contribution in [0.25, 0.3) is 0 Å². The Bertz CT molecular complexity index is 1110. The number of rotatable bonds is 9. The van der Waals surface area contributed by atoms with Crippen molar-refractivity contribution in [3.05, 3.63) is 84.7 Å². The monoisotopic (exact) mass is 438 g/mol. The Kier molecular flexibility index (Phi) is 7.38. The van der Waals surface area contributed by atoms with Crippen LogP contribution in [-0.2, 0) is 21.2 Å². The number of hydrogen-bond acceptors (Lipinski definition) is 5. The van der Waals surface area contributed by atoms with Gasteiger partial charge in [0.25, 0.3) is 10.0 Å². The number of benzene rings is 2. The highest BCUT2D eigenvalue weighted by Gasteiger charge is 2.21. The lowest BCUT2D eigenvalue weighted by atomic mass is 10.2. The molecule has 0 bridgehead atoms. The fraction of sp³-hybridized carbons (Fsp3) is 0.217. The molecule has 8 heteroatoms. The van der Waals surface area contributed by atoms with Crippen LogP contribution in [0, 0.1) is 0 Å². The van der Waals surface area contributed by atoms with Gasteiger partial charge in [0.2, 0.25) is 5.91 Å². The van der Waals surface area contributed by atoms with Gasteiger partial charge in [-0.1, -0.05) is 30.3 Å². The van der Waals surface area contributed by atoms with E-state index in [2.05, 4.69) is 10.3 Å². The first-order valence-electron chi connectivity index (χ1n) is 9.88. The van der Waals surface area contributed by atoms with E-state index in [1.165, 1.54) is 23.5 Å². The van der Waals surface area contributed by atoms with E-state index in [1.54, 1.807) is 42.6 Å². The van der Waals surface area contributed by atoms with Gasteiger partial charge in [0.05, 0.1) is 17.1 Å². The maximum atomic E-state index is 13.0. The van der Waals surface area contributed by atoms with Gasteiger partial charge in [-0.15, -0.1) is 0 Å². The van der Waals surface area contributed by atoms with E-state index in [4.69, 9.17) is 0 Å². The molecule has 0 saturated carbocycles. The van der Waals surface area contributed by atoms with E-state index >= 15 is 0 Å². The third-order valence-corrected chi connectivity index (χ3v) is 6.57. The van der Waals surface area contributed by atoms with Crippen LogP contribution >= 0.6 is 0 Å². The molecule has 2 aromatic carbocycles. The topological polar surface area (TPSA) is 82.6 Å². The first-order valence-corrected chi connectivity index (χ1v) is 11.3. The highest BCUT2D eigenvalue weighted by atomic mass is 32.2. The van der Waals surface area contributed by atoms with Gasteiger partial charge in [-0.25, -0.2) is 8.42 Å². The quantitative estimate of drug-likeness (QED) is 0.555. The maximum absolute atomic E-state index is 13.0. The van der Waals surface area contributed by atoms with Gasteiger partial charge in [0, 0.05) is 37.6 Å². The molecule has 0 radical (unpaired) electrons. The number of sulfonamides is 1. The maximum Gasteiger partial charge on any atom is 0.264 e. The van der Waals surface area contributed by atoms with Gasteiger partial charge < -0.3 is 5.32 Å². The number of carbonyl (C=O) groups excluding carboxylic acids is 1. The van der Waals surface area contributed by atoms with E-state index in [0.717, 1.165) is 12.1 Å². The summed E-state index contributed by atoms with van der Waals surface area (Å²) in [5.74, 6) is -0.213. The molecule has 162 valence electrons. The number of nitrogens with one attached hydrogen (secondary N) is 1. The van der Waals surface area contributed by atoms with Crippen LogP contribution in [0.4, 0.5) is 11.4 Å². The average molecular weight is 439 g/mol. The first kappa shape index (κ1) is 22.5. The zero-order valence-corrected chi connectivity index (χ0v) is 18.4. The summed E-state index contributed by atoms with van der Waals surface area (Å²) in [6.07, 6.45) is 2.49. The van der Waals surface area contributed by atoms with Crippen molar-refractivity contribution in [3.63, 3.8) is 0 Å². The third kappa shape index (κ3) is 6.13. The van der Waals surface area contributed by atoms with Crippen LogP contribution in [-0.4, -0.2) is 51.4 Å². The lowest BCUT2D eigenvalue weighted by Gasteiger charge is -2.20. The molecule has 0 atom stereocenters. The normalized spacial score (nSPS) is 11.3. The fourth-order valence-corrected chi connectivity index (χ4v) is 4.29. The fourth-order valence-electron chi connectivity index (χ4n) is 3.05. The van der Waals surface area contributed by atoms with Crippen molar-refractivity contribution < 1.29 is 13.2 Å². The molecule has 0 aliphatic heterocycles. The summed E-state index contributed by atoms with van der Waals surface area (Å²) in [7, 11) is -0.382. The van der Waals surface area contributed by atoms with E-state index in [-0.39, 0.29) is 17.3 Å². The Morgan fingerprint density at radius 1 is 0.968 bits per heavy atom. The van der Waals surface area contributed by atoms with Crippen molar-refractivity contribution in [2.75, 3.05) is 36.8 Å². The third-order valence-electron chi connectivity index (χ3n) is 4.79. The Hall–Kier alpha value is -3.23. The highest BCUT2D eigenvalue weighted by molar-refractivity contribution is 7.92. The highest BCUT2D eigenvalue weighted by Crippen LogP contribution is 2.23. The van der Waals surface area contributed by atoms with Crippen LogP contribution in [0.3, 0.4) is 0 Å². The molecule has 31 heavy (non-hydrogen) atoms. The number of nitrogens with zero attached hydrogens (tertiary/aromatic N) is 3. The van der Waals surface area contributed by atoms with E-state index in [9.17, 15) is 13.2 Å². The molecule has 7 nitrogen and oxygen atoms in total. The molecule has 0 aliphatic rings.